The van der Waals surface area contributed by atoms with Gasteiger partial charge in [0, 0.05) is 32.3 Å². The van der Waals surface area contributed by atoms with Crippen molar-refractivity contribution < 1.29 is 0 Å². The van der Waals surface area contributed by atoms with E-state index in [-0.39, 0.29) is 10.8 Å². The molecule has 3 heterocycles. The molecule has 0 radical (unpaired) electrons. The summed E-state index contributed by atoms with van der Waals surface area (Å²) in [6.45, 7) is 6.98. The maximum absolute atomic E-state index is 15.7. The van der Waals surface area contributed by atoms with E-state index >= 15 is 4.79 Å². The minimum Gasteiger partial charge on any atom is -0.306 e. The SMILES string of the molecule is CC(C)(C)Cc1cc2c3cccc4c(-c5ccccc5-c5ccccc5)cc5c(=O)c6cc(-c7ccccc7-c7ccccc7)c7cccc8c(c1)c2n(c5c43)c6c78. The van der Waals surface area contributed by atoms with Crippen LogP contribution in [-0.4, -0.2) is 4.40 Å². The number of aromatic nitrogens is 1. The predicted octanol–water partition coefficient (Wildman–Crippen LogP) is 14.8. The lowest BCUT2D eigenvalue weighted by atomic mass is 9.83. The Balaban J connectivity index is 1.32. The molecule has 0 aliphatic heterocycles. The van der Waals surface area contributed by atoms with Crippen molar-refractivity contribution in [2.24, 2.45) is 5.41 Å². The monoisotopic (exact) mass is 741 g/mol. The Morgan fingerprint density at radius 1 is 0.379 bits per heavy atom. The van der Waals surface area contributed by atoms with Crippen LogP contribution in [0.15, 0.2) is 175 Å². The highest BCUT2D eigenvalue weighted by Crippen LogP contribution is 2.50. The molecule has 0 saturated heterocycles. The number of pyridine rings is 3. The fourth-order valence-corrected chi connectivity index (χ4v) is 10.3. The van der Waals surface area contributed by atoms with Gasteiger partial charge in [-0.1, -0.05) is 166 Å². The maximum atomic E-state index is 15.7. The van der Waals surface area contributed by atoms with Crippen LogP contribution in [0, 0.1) is 5.41 Å². The summed E-state index contributed by atoms with van der Waals surface area (Å²) in [5.41, 5.74) is 13.7. The molecular formula is C56H39NO. The van der Waals surface area contributed by atoms with Crippen LogP contribution in [0.1, 0.15) is 26.3 Å². The third-order valence-corrected chi connectivity index (χ3v) is 12.5. The maximum Gasteiger partial charge on any atom is 0.197 e. The number of hydrogen-bond acceptors (Lipinski definition) is 1. The third kappa shape index (κ3) is 4.63. The summed E-state index contributed by atoms with van der Waals surface area (Å²) in [7, 11) is 0. The fraction of sp³-hybridized carbons (Fsp3) is 0.0893. The Hall–Kier alpha value is -7.03. The van der Waals surface area contributed by atoms with Crippen LogP contribution >= 0.6 is 0 Å². The van der Waals surface area contributed by atoms with Gasteiger partial charge in [0.25, 0.3) is 0 Å². The molecule has 0 spiro atoms. The molecular weight excluding hydrogens is 703 g/mol. The van der Waals surface area contributed by atoms with Crippen LogP contribution in [-0.2, 0) is 6.42 Å². The van der Waals surface area contributed by atoms with E-state index in [0.29, 0.717) is 0 Å². The minimum atomic E-state index is 0.0720. The van der Waals surface area contributed by atoms with Gasteiger partial charge < -0.3 is 4.40 Å². The van der Waals surface area contributed by atoms with Crippen molar-refractivity contribution in [3.63, 3.8) is 0 Å². The second kappa shape index (κ2) is 12.0. The number of benzene rings is 9. The summed E-state index contributed by atoms with van der Waals surface area (Å²) in [5, 5.41) is 11.0. The van der Waals surface area contributed by atoms with Crippen molar-refractivity contribution in [2.75, 3.05) is 0 Å². The van der Waals surface area contributed by atoms with Gasteiger partial charge in [-0.05, 0) is 108 Å². The van der Waals surface area contributed by atoms with E-state index in [1.165, 1.54) is 32.6 Å². The first kappa shape index (κ1) is 33.1. The van der Waals surface area contributed by atoms with Gasteiger partial charge in [0.1, 0.15) is 0 Å². The highest BCUT2D eigenvalue weighted by Gasteiger charge is 2.28. The van der Waals surface area contributed by atoms with E-state index in [2.05, 4.69) is 195 Å². The predicted molar refractivity (Wildman–Crippen MR) is 247 cm³/mol. The van der Waals surface area contributed by atoms with E-state index in [1.54, 1.807) is 0 Å². The highest BCUT2D eigenvalue weighted by atomic mass is 16.1. The lowest BCUT2D eigenvalue weighted by molar-refractivity contribution is 0.411. The van der Waals surface area contributed by atoms with E-state index in [1.807, 2.05) is 0 Å². The highest BCUT2D eigenvalue weighted by molar-refractivity contribution is 6.36. The Labute approximate surface area is 336 Å². The standard InChI is InChI=1S/C56H39NO/c1-56(2,3)32-33-28-46-42-26-14-24-40-44(38-22-12-10-20-36(38)34-16-6-4-7-17-34)30-48-53(50(40)42)57-52(46)47(29-33)43-27-15-25-41-45(31-49(55(48)58)54(57)51(41)43)39-23-13-11-21-37(39)35-18-8-5-9-19-35/h4-31H,32H2,1-3H3. The largest absolute Gasteiger partial charge is 0.306 e. The summed E-state index contributed by atoms with van der Waals surface area (Å²) in [5.74, 6) is 0. The molecule has 12 rings (SSSR count). The first-order chi connectivity index (χ1) is 28.3. The van der Waals surface area contributed by atoms with Crippen LogP contribution in [0.3, 0.4) is 0 Å². The van der Waals surface area contributed by atoms with E-state index < -0.39 is 0 Å². The van der Waals surface area contributed by atoms with Gasteiger partial charge in [-0.25, -0.2) is 0 Å². The molecule has 0 saturated carbocycles. The zero-order valence-electron chi connectivity index (χ0n) is 32.7. The average molecular weight is 742 g/mol. The quantitative estimate of drug-likeness (QED) is 0.127. The number of hydrogen-bond donors (Lipinski definition) is 0. The fourth-order valence-electron chi connectivity index (χ4n) is 10.3. The first-order valence-corrected chi connectivity index (χ1v) is 20.4. The van der Waals surface area contributed by atoms with Crippen molar-refractivity contribution in [1.29, 1.82) is 0 Å². The molecule has 0 bridgehead atoms. The zero-order chi connectivity index (χ0) is 38.9. The summed E-state index contributed by atoms with van der Waals surface area (Å²) < 4.78 is 2.49. The van der Waals surface area contributed by atoms with Crippen molar-refractivity contribution >= 4 is 70.4 Å². The topological polar surface area (TPSA) is 21.5 Å². The van der Waals surface area contributed by atoms with E-state index in [0.717, 1.165) is 94.3 Å². The first-order valence-electron chi connectivity index (χ1n) is 20.4. The molecule has 0 aliphatic rings. The summed E-state index contributed by atoms with van der Waals surface area (Å²) >= 11 is 0. The number of nitrogens with zero attached hydrogens (tertiary/aromatic N) is 1. The van der Waals surface area contributed by atoms with E-state index in [9.17, 15) is 0 Å². The Bertz CT molecular complexity index is 3400. The van der Waals surface area contributed by atoms with Crippen molar-refractivity contribution in [1.82, 2.24) is 4.40 Å². The minimum absolute atomic E-state index is 0.0720. The molecule has 0 unspecified atom stereocenters. The van der Waals surface area contributed by atoms with Crippen LogP contribution in [0.4, 0.5) is 0 Å². The zero-order valence-corrected chi connectivity index (χ0v) is 32.7. The van der Waals surface area contributed by atoms with Crippen LogP contribution < -0.4 is 5.43 Å². The molecule has 0 aliphatic carbocycles. The van der Waals surface area contributed by atoms with E-state index in [4.69, 9.17) is 0 Å². The van der Waals surface area contributed by atoms with Gasteiger partial charge >= 0.3 is 0 Å². The normalized spacial score (nSPS) is 12.5. The molecule has 274 valence electrons. The molecule has 9 aromatic carbocycles. The number of fused-ring (bicyclic) bond motifs is 2. The smallest absolute Gasteiger partial charge is 0.197 e. The molecule has 0 N–H and O–H groups in total. The molecule has 0 atom stereocenters. The van der Waals surface area contributed by atoms with Gasteiger partial charge in [0.2, 0.25) is 0 Å². The lowest BCUT2D eigenvalue weighted by Crippen LogP contribution is -2.13. The molecule has 2 nitrogen and oxygen atoms in total. The van der Waals surface area contributed by atoms with Crippen LogP contribution in [0.25, 0.3) is 115 Å². The van der Waals surface area contributed by atoms with Crippen molar-refractivity contribution in [2.45, 2.75) is 27.2 Å². The Kier molecular flexibility index (Phi) is 6.85. The molecule has 3 aromatic heterocycles. The van der Waals surface area contributed by atoms with Gasteiger partial charge in [0.05, 0.1) is 16.6 Å². The molecule has 0 amide bonds. The summed E-state index contributed by atoms with van der Waals surface area (Å²) in [6.07, 6.45) is 0.947. The summed E-state index contributed by atoms with van der Waals surface area (Å²) in [4.78, 5) is 15.7. The second-order valence-corrected chi connectivity index (χ2v) is 17.4. The molecule has 2 heteroatoms. The lowest BCUT2D eigenvalue weighted by Gasteiger charge is -2.26. The molecule has 0 fully saturated rings. The summed E-state index contributed by atoms with van der Waals surface area (Å²) in [6, 6.07) is 61.3. The van der Waals surface area contributed by atoms with Gasteiger partial charge in [-0.2, -0.15) is 0 Å². The third-order valence-electron chi connectivity index (χ3n) is 12.5. The van der Waals surface area contributed by atoms with Crippen LogP contribution in [0.2, 0.25) is 0 Å². The Morgan fingerprint density at radius 2 is 0.793 bits per heavy atom. The van der Waals surface area contributed by atoms with Gasteiger partial charge in [-0.15, -0.1) is 0 Å². The second-order valence-electron chi connectivity index (χ2n) is 17.4. The Morgan fingerprint density at radius 3 is 1.24 bits per heavy atom. The number of rotatable bonds is 5. The van der Waals surface area contributed by atoms with Crippen LogP contribution in [0.5, 0.6) is 0 Å². The molecule has 12 aromatic rings. The van der Waals surface area contributed by atoms with Crippen molar-refractivity contribution in [3.05, 3.63) is 186 Å². The van der Waals surface area contributed by atoms with Gasteiger partial charge in [0.15, 0.2) is 5.43 Å². The van der Waals surface area contributed by atoms with Crippen molar-refractivity contribution in [3.8, 4) is 44.5 Å². The average Bonchev–Trinajstić information content (AvgIpc) is 3.25. The molecule has 58 heavy (non-hydrogen) atoms. The van der Waals surface area contributed by atoms with Gasteiger partial charge in [-0.3, -0.25) is 4.79 Å².